The third-order valence-corrected chi connectivity index (χ3v) is 23.5. The maximum absolute atomic E-state index is 14.2. The SMILES string of the molecule is C=CC(=O)N1CCC[C@H]1c1nc(-c2ccc(Oc3cccc(OC)c3)cc2)c2cnccn12.CC#CC(=O)N1CCC[C@H]1c1nc(-c2ccc(Oc3cccc(Cl)c3F)cc2)c2cnccn12.CC#CC(=O)N1CCC[C@H]1c1nc(-c2ccc(Oc3ccccc3)cc2Cl)c2cnccn12.CC#CC(=O)N1CCC[C@H]1c1nc(-c2ccc(Oc3ccccc3)nc2)c2cnccn12. The fourth-order valence-corrected chi connectivity index (χ4v) is 17.3. The molecule has 20 rings (SSSR count). The summed E-state index contributed by atoms with van der Waals surface area (Å²) in [5, 5.41) is 0.526. The largest absolute Gasteiger partial charge is 0.497 e. The molecule has 0 spiro atoms. The molecular formula is C103H86Cl2FN17O9. The number of ether oxygens (including phenoxy) is 5. The Morgan fingerprint density at radius 2 is 0.780 bits per heavy atom. The number of methoxy groups -OCH3 is 1. The van der Waals surface area contributed by atoms with Crippen LogP contribution in [0.2, 0.25) is 10.0 Å². The number of likely N-dealkylation sites (tertiary alicyclic amines) is 4. The van der Waals surface area contributed by atoms with Crippen LogP contribution in [0.1, 0.15) is 120 Å². The Bertz CT molecular complexity index is 7160. The van der Waals surface area contributed by atoms with Gasteiger partial charge in [-0.3, -0.25) is 56.7 Å². The van der Waals surface area contributed by atoms with E-state index in [1.807, 2.05) is 198 Å². The number of nitrogens with zero attached hydrogens (tertiary/aromatic N) is 17. The number of benzene rings is 7. The van der Waals surface area contributed by atoms with Crippen molar-refractivity contribution in [2.45, 2.75) is 96.3 Å². The summed E-state index contributed by atoms with van der Waals surface area (Å²) in [6.45, 7) is 11.4. The topological polar surface area (TPSA) is 261 Å². The highest BCUT2D eigenvalue weighted by Crippen LogP contribution is 2.43. The van der Waals surface area contributed by atoms with Gasteiger partial charge in [-0.15, -0.1) is 0 Å². The first-order chi connectivity index (χ1) is 64.6. The highest BCUT2D eigenvalue weighted by molar-refractivity contribution is 6.33. The van der Waals surface area contributed by atoms with Crippen molar-refractivity contribution in [2.75, 3.05) is 33.3 Å². The molecule has 132 heavy (non-hydrogen) atoms. The van der Waals surface area contributed by atoms with E-state index in [2.05, 4.69) is 67.0 Å². The van der Waals surface area contributed by atoms with Gasteiger partial charge >= 0.3 is 0 Å². The van der Waals surface area contributed by atoms with E-state index in [1.165, 1.54) is 18.2 Å². The zero-order chi connectivity index (χ0) is 91.1. The second-order valence-electron chi connectivity index (χ2n) is 30.9. The number of carbonyl (C=O) groups is 4. The van der Waals surface area contributed by atoms with Crippen LogP contribution in [0.5, 0.6) is 51.9 Å². The molecule has 26 nitrogen and oxygen atoms in total. The van der Waals surface area contributed by atoms with Gasteiger partial charge in [0.1, 0.15) is 63.5 Å². The molecule has 4 atom stereocenters. The molecule has 9 aromatic heterocycles. The molecule has 0 unspecified atom stereocenters. The number of carbonyl (C=O) groups excluding carboxylic acids is 4. The monoisotopic (exact) mass is 1790 g/mol. The molecule has 658 valence electrons. The van der Waals surface area contributed by atoms with Crippen LogP contribution in [0, 0.1) is 41.3 Å². The number of para-hydroxylation sites is 2. The average Bonchev–Trinajstić information content (AvgIpc) is 1.63. The van der Waals surface area contributed by atoms with E-state index >= 15 is 0 Å². The minimum Gasteiger partial charge on any atom is -0.497 e. The third-order valence-electron chi connectivity index (χ3n) is 22.9. The van der Waals surface area contributed by atoms with Gasteiger partial charge in [-0.25, -0.2) is 29.3 Å². The van der Waals surface area contributed by atoms with Crippen molar-refractivity contribution in [3.63, 3.8) is 0 Å². The second-order valence-corrected chi connectivity index (χ2v) is 31.7. The molecule has 4 aliphatic rings. The van der Waals surface area contributed by atoms with E-state index in [-0.39, 0.29) is 58.6 Å². The molecule has 0 bridgehead atoms. The van der Waals surface area contributed by atoms with Gasteiger partial charge in [-0.05, 0) is 211 Å². The lowest BCUT2D eigenvalue weighted by atomic mass is 10.1. The van der Waals surface area contributed by atoms with E-state index in [4.69, 9.17) is 66.8 Å². The summed E-state index contributed by atoms with van der Waals surface area (Å²) in [4.78, 5) is 98.6. The molecule has 4 aliphatic heterocycles. The molecule has 16 aromatic rings. The first-order valence-electron chi connectivity index (χ1n) is 42.9. The van der Waals surface area contributed by atoms with Crippen LogP contribution in [-0.4, -0.2) is 139 Å². The maximum atomic E-state index is 14.2. The Morgan fingerprint density at radius 1 is 0.402 bits per heavy atom. The Morgan fingerprint density at radius 3 is 1.22 bits per heavy atom. The zero-order valence-electron chi connectivity index (χ0n) is 72.3. The number of hydrogen-bond donors (Lipinski definition) is 0. The van der Waals surface area contributed by atoms with Gasteiger partial charge in [0, 0.05) is 122 Å². The number of imidazole rings is 4. The van der Waals surface area contributed by atoms with Crippen molar-refractivity contribution in [1.82, 2.24) is 82.1 Å². The Hall–Kier alpha value is -16.0. The number of pyridine rings is 1. The zero-order valence-corrected chi connectivity index (χ0v) is 73.8. The molecule has 13 heterocycles. The van der Waals surface area contributed by atoms with Gasteiger partial charge < -0.3 is 43.3 Å². The number of halogens is 3. The van der Waals surface area contributed by atoms with E-state index in [9.17, 15) is 23.6 Å². The van der Waals surface area contributed by atoms with Crippen LogP contribution < -0.4 is 23.7 Å². The summed E-state index contributed by atoms with van der Waals surface area (Å²) in [5.74, 6) is 23.4. The van der Waals surface area contributed by atoms with Crippen molar-refractivity contribution in [2.24, 2.45) is 0 Å². The van der Waals surface area contributed by atoms with E-state index < -0.39 is 5.82 Å². The summed E-state index contributed by atoms with van der Waals surface area (Å²) in [7, 11) is 1.63. The van der Waals surface area contributed by atoms with Gasteiger partial charge in [0.25, 0.3) is 17.7 Å². The van der Waals surface area contributed by atoms with Gasteiger partial charge in [0.2, 0.25) is 11.8 Å². The minimum absolute atomic E-state index is 0.00276. The first kappa shape index (κ1) is 88.0. The third kappa shape index (κ3) is 19.1. The van der Waals surface area contributed by atoms with Crippen LogP contribution in [0.4, 0.5) is 4.39 Å². The van der Waals surface area contributed by atoms with Crippen molar-refractivity contribution >= 4 is 68.9 Å². The lowest BCUT2D eigenvalue weighted by Crippen LogP contribution is -2.30. The minimum atomic E-state index is -0.604. The number of aromatic nitrogens is 13. The van der Waals surface area contributed by atoms with E-state index in [1.54, 1.807) is 118 Å². The molecule has 4 saturated heterocycles. The standard InChI is InChI=1S/C26H20ClFN4O2.C26H21ClN4O2.C26H24N4O3.C25H21N5O2/c1-2-5-23(33)31-14-4-7-20(31)26-30-25(21-16-29-13-15-32(21)26)17-9-11-18(12-10-17)34-22-8-3-6-19(27)24(22)28;1-2-7-24(32)30-14-6-10-22(30)26-29-25(23-17-28-13-15-31(23)26)20-12-11-19(16-21(20)27)33-18-8-4-3-5-9-18;1-3-24(31)29-14-5-8-22(29)26-28-25(23-17-27-13-15-30(23)26)18-9-11-19(12-10-18)33-21-7-4-6-20(16-21)32-2;1-2-7-23(31)29-14-6-10-20(29)25-28-24(21-17-26-13-15-30(21)25)18-11-12-22(27-16-18)32-19-8-4-3-5-9-19/h3,6,8-13,15-16,20H,4,7,14H2,1H3;3-5,8-9,11-13,15-17,22H,6,10,14H2,1H3;3-4,6-7,9-13,15-17,22H,1,5,8,14H2,2H3;3-5,8-9,11-13,15-17,20H,6,10,14H2,1H3/t20-;2*22-;20-/m0000/s1. The Balaban J connectivity index is 0.000000123. The van der Waals surface area contributed by atoms with Crippen molar-refractivity contribution < 1.29 is 47.3 Å². The molecule has 29 heteroatoms. The summed E-state index contributed by atoms with van der Waals surface area (Å²) in [5.41, 5.74) is 9.89. The van der Waals surface area contributed by atoms with Gasteiger partial charge in [0.15, 0.2) is 11.6 Å². The summed E-state index contributed by atoms with van der Waals surface area (Å²) in [6, 6.07) is 55.0. The lowest BCUT2D eigenvalue weighted by Gasteiger charge is -2.22. The normalized spacial score (nSPS) is 15.4. The van der Waals surface area contributed by atoms with E-state index in [0.717, 1.165) is 159 Å². The predicted octanol–water partition coefficient (Wildman–Crippen LogP) is 20.5. The molecule has 0 N–H and O–H groups in total. The summed E-state index contributed by atoms with van der Waals surface area (Å²) >= 11 is 12.5. The van der Waals surface area contributed by atoms with Crippen molar-refractivity contribution in [3.05, 3.63) is 314 Å². The fraction of sp³-hybridized carbons (Fsp3) is 0.194. The molecule has 0 saturated carbocycles. The Labute approximate surface area is 770 Å². The highest BCUT2D eigenvalue weighted by Gasteiger charge is 2.38. The number of fused-ring (bicyclic) bond motifs is 4. The number of hydrogen-bond acceptors (Lipinski definition) is 18. The molecule has 0 aliphatic carbocycles. The molecule has 4 amide bonds. The van der Waals surface area contributed by atoms with Crippen LogP contribution in [0.15, 0.2) is 275 Å². The maximum Gasteiger partial charge on any atom is 0.299 e. The van der Waals surface area contributed by atoms with Gasteiger partial charge in [-0.2, -0.15) is 0 Å². The smallest absolute Gasteiger partial charge is 0.299 e. The molecule has 4 fully saturated rings. The summed E-state index contributed by atoms with van der Waals surface area (Å²) < 4.78 is 50.8. The predicted molar refractivity (Wildman–Crippen MR) is 499 cm³/mol. The van der Waals surface area contributed by atoms with Crippen LogP contribution >= 0.6 is 23.2 Å². The molecule has 7 aromatic carbocycles. The quantitative estimate of drug-likeness (QED) is 0.0571. The van der Waals surface area contributed by atoms with Crippen molar-refractivity contribution in [1.29, 1.82) is 0 Å². The number of amides is 4. The summed E-state index contributed by atoms with van der Waals surface area (Å²) in [6.07, 6.45) is 31.6. The van der Waals surface area contributed by atoms with Gasteiger partial charge in [0.05, 0.1) is 111 Å². The van der Waals surface area contributed by atoms with E-state index in [0.29, 0.717) is 60.1 Å². The van der Waals surface area contributed by atoms with Crippen molar-refractivity contribution in [3.8, 4) is 132 Å². The average molecular weight is 1800 g/mol. The van der Waals surface area contributed by atoms with Crippen LogP contribution in [0.3, 0.4) is 0 Å². The molecular weight excluding hydrogens is 1710 g/mol. The number of rotatable bonds is 18. The van der Waals surface area contributed by atoms with Crippen LogP contribution in [-0.2, 0) is 19.2 Å². The first-order valence-corrected chi connectivity index (χ1v) is 43.7. The lowest BCUT2D eigenvalue weighted by molar-refractivity contribution is -0.127. The fourth-order valence-electron chi connectivity index (χ4n) is 16.8. The van der Waals surface area contributed by atoms with Crippen LogP contribution in [0.25, 0.3) is 67.1 Å². The second kappa shape index (κ2) is 40.5. The Kier molecular flexibility index (Phi) is 27.0. The highest BCUT2D eigenvalue weighted by atomic mass is 35.5. The van der Waals surface area contributed by atoms with Gasteiger partial charge in [-0.1, -0.05) is 96.1 Å². The molecule has 0 radical (unpaired) electrons.